The molecule has 39 heavy (non-hydrogen) atoms. The highest BCUT2D eigenvalue weighted by molar-refractivity contribution is 6.41. The highest BCUT2D eigenvalue weighted by Crippen LogP contribution is 2.45. The molecule has 1 amide bonds. The molecule has 3 aromatic rings. The first-order valence-corrected chi connectivity index (χ1v) is 13.1. The summed E-state index contributed by atoms with van der Waals surface area (Å²) >= 11 is 13.4. The van der Waals surface area contributed by atoms with Crippen LogP contribution in [-0.2, 0) is 14.3 Å². The predicted molar refractivity (Wildman–Crippen MR) is 149 cm³/mol. The lowest BCUT2D eigenvalue weighted by Gasteiger charge is -2.29. The number of rotatable bonds is 8. The molecule has 2 saturated heterocycles. The fraction of sp³-hybridized carbons (Fsp3) is 0.385. The van der Waals surface area contributed by atoms with Gasteiger partial charge in [-0.25, -0.2) is 15.0 Å². The summed E-state index contributed by atoms with van der Waals surface area (Å²) in [6.07, 6.45) is 2.91. The second kappa shape index (κ2) is 11.8. The number of ether oxygens (including phenoxy) is 4. The number of benzene rings is 1. The summed E-state index contributed by atoms with van der Waals surface area (Å²) in [6, 6.07) is 3.12. The quantitative estimate of drug-likeness (QED) is 0.387. The van der Waals surface area contributed by atoms with E-state index in [-0.39, 0.29) is 28.0 Å². The van der Waals surface area contributed by atoms with Gasteiger partial charge in [-0.2, -0.15) is 0 Å². The molecule has 5 rings (SSSR count). The summed E-state index contributed by atoms with van der Waals surface area (Å²) in [5.41, 5.74) is 0.997. The first-order chi connectivity index (χ1) is 18.9. The van der Waals surface area contributed by atoms with Crippen molar-refractivity contribution >= 4 is 51.6 Å². The van der Waals surface area contributed by atoms with E-state index in [1.807, 2.05) is 6.07 Å². The Hall–Kier alpha value is -3.38. The first-order valence-electron chi connectivity index (χ1n) is 12.3. The monoisotopic (exact) mass is 574 g/mol. The van der Waals surface area contributed by atoms with E-state index in [4.69, 9.17) is 52.1 Å². The van der Waals surface area contributed by atoms with Crippen molar-refractivity contribution in [2.24, 2.45) is 0 Å². The number of hydrogen-bond acceptors (Lipinski definition) is 10. The summed E-state index contributed by atoms with van der Waals surface area (Å²) < 4.78 is 22.0. The Balaban J connectivity index is 1.59. The van der Waals surface area contributed by atoms with Gasteiger partial charge >= 0.3 is 0 Å². The number of carbonyl (C=O) groups excluding carboxylic acids is 1. The van der Waals surface area contributed by atoms with Gasteiger partial charge in [-0.3, -0.25) is 4.79 Å². The summed E-state index contributed by atoms with van der Waals surface area (Å²) in [4.78, 5) is 28.3. The number of fused-ring (bicyclic) bond motifs is 1. The third-order valence-corrected chi connectivity index (χ3v) is 7.35. The van der Waals surface area contributed by atoms with Crippen LogP contribution in [0.1, 0.15) is 0 Å². The van der Waals surface area contributed by atoms with E-state index in [1.165, 1.54) is 20.3 Å². The summed E-state index contributed by atoms with van der Waals surface area (Å²) in [5.74, 6) is 2.12. The van der Waals surface area contributed by atoms with Crippen molar-refractivity contribution < 1.29 is 23.7 Å². The number of morpholine rings is 1. The molecule has 0 aliphatic carbocycles. The van der Waals surface area contributed by atoms with Gasteiger partial charge in [0.2, 0.25) is 5.91 Å². The molecule has 0 unspecified atom stereocenters. The number of nitrogens with zero attached hydrogens (tertiary/aromatic N) is 4. The van der Waals surface area contributed by atoms with Gasteiger partial charge in [0.05, 0.1) is 80.1 Å². The van der Waals surface area contributed by atoms with Gasteiger partial charge in [0.25, 0.3) is 0 Å². The Labute approximate surface area is 235 Å². The van der Waals surface area contributed by atoms with E-state index in [0.29, 0.717) is 79.6 Å². The van der Waals surface area contributed by atoms with Crippen molar-refractivity contribution in [3.8, 4) is 22.9 Å². The van der Waals surface area contributed by atoms with E-state index < -0.39 is 0 Å². The molecule has 0 bridgehead atoms. The summed E-state index contributed by atoms with van der Waals surface area (Å²) in [7, 11) is 3.03. The van der Waals surface area contributed by atoms with E-state index in [1.54, 1.807) is 12.3 Å². The molecule has 11 nitrogen and oxygen atoms in total. The third-order valence-electron chi connectivity index (χ3n) is 6.60. The number of hydrogen-bond donors (Lipinski definition) is 2. The van der Waals surface area contributed by atoms with Gasteiger partial charge in [0, 0.05) is 24.5 Å². The minimum absolute atomic E-state index is 0.173. The van der Waals surface area contributed by atoms with E-state index >= 15 is 0 Å². The van der Waals surface area contributed by atoms with Gasteiger partial charge in [-0.1, -0.05) is 29.8 Å². The normalized spacial score (nSPS) is 19.1. The standard InChI is InChI=1S/C26H28Cl2N6O5/c1-4-21(35)31-17-13-39-12-16(17)30-20-9-14-15(11-29-20)32-25(33-26(14)34-5-7-38-8-6-34)22-23(27)18(36-2)10-19(37-3)24(22)28/h4,9-11,16-17H,1,5-8,12-13H2,2-3H3,(H,29,30)(H,31,35)/t16-,17+/m1/s1. The molecular weight excluding hydrogens is 547 g/mol. The van der Waals surface area contributed by atoms with Gasteiger partial charge < -0.3 is 34.5 Å². The minimum atomic E-state index is -0.259. The summed E-state index contributed by atoms with van der Waals surface area (Å²) in [5, 5.41) is 7.60. The minimum Gasteiger partial charge on any atom is -0.495 e. The molecule has 13 heteroatoms. The van der Waals surface area contributed by atoms with E-state index in [9.17, 15) is 4.79 Å². The molecule has 0 radical (unpaired) electrons. The highest BCUT2D eigenvalue weighted by atomic mass is 35.5. The van der Waals surface area contributed by atoms with Crippen molar-refractivity contribution in [3.63, 3.8) is 0 Å². The van der Waals surface area contributed by atoms with Crippen LogP contribution in [-0.4, -0.2) is 86.7 Å². The van der Waals surface area contributed by atoms with E-state index in [0.717, 1.165) is 5.39 Å². The molecule has 2 N–H and O–H groups in total. The second-order valence-corrected chi connectivity index (χ2v) is 9.70. The topological polar surface area (TPSA) is 120 Å². The molecule has 0 saturated carbocycles. The molecule has 2 atom stereocenters. The number of anilines is 2. The van der Waals surface area contributed by atoms with Crippen LogP contribution in [0.15, 0.2) is 31.0 Å². The lowest BCUT2D eigenvalue weighted by molar-refractivity contribution is -0.117. The molecule has 4 heterocycles. The fourth-order valence-corrected chi connectivity index (χ4v) is 5.25. The lowest BCUT2D eigenvalue weighted by atomic mass is 10.1. The molecule has 2 aromatic heterocycles. The summed E-state index contributed by atoms with van der Waals surface area (Å²) in [6.45, 7) is 6.74. The first kappa shape index (κ1) is 27.2. The zero-order chi connectivity index (χ0) is 27.5. The maximum Gasteiger partial charge on any atom is 0.243 e. The lowest BCUT2D eigenvalue weighted by Crippen LogP contribution is -2.45. The smallest absolute Gasteiger partial charge is 0.243 e. The van der Waals surface area contributed by atoms with Crippen LogP contribution in [0.4, 0.5) is 11.6 Å². The average Bonchev–Trinajstić information content (AvgIpc) is 3.39. The van der Waals surface area contributed by atoms with Crippen LogP contribution in [0.25, 0.3) is 22.3 Å². The van der Waals surface area contributed by atoms with E-state index in [2.05, 4.69) is 27.1 Å². The Morgan fingerprint density at radius 1 is 1.08 bits per heavy atom. The third kappa shape index (κ3) is 5.53. The molecule has 2 aliphatic rings. The number of amides is 1. The van der Waals surface area contributed by atoms with Crippen LogP contribution in [0.3, 0.4) is 0 Å². The number of carbonyl (C=O) groups is 1. The van der Waals surface area contributed by atoms with Crippen LogP contribution in [0.2, 0.25) is 10.0 Å². The van der Waals surface area contributed by atoms with Crippen LogP contribution in [0, 0.1) is 0 Å². The predicted octanol–water partition coefficient (Wildman–Crippen LogP) is 3.33. The highest BCUT2D eigenvalue weighted by Gasteiger charge is 2.30. The molecule has 1 aromatic carbocycles. The Morgan fingerprint density at radius 2 is 1.77 bits per heavy atom. The zero-order valence-electron chi connectivity index (χ0n) is 21.5. The molecule has 2 fully saturated rings. The number of aromatic nitrogens is 3. The number of pyridine rings is 1. The number of methoxy groups -OCH3 is 2. The maximum absolute atomic E-state index is 11.8. The van der Waals surface area contributed by atoms with Crippen molar-refractivity contribution in [2.75, 3.05) is 64.0 Å². The van der Waals surface area contributed by atoms with Gasteiger partial charge in [-0.15, -0.1) is 0 Å². The molecular formula is C26H28Cl2N6O5. The number of nitrogens with one attached hydrogen (secondary N) is 2. The second-order valence-electron chi connectivity index (χ2n) is 8.95. The Bertz CT molecular complexity index is 1370. The molecule has 0 spiro atoms. The van der Waals surface area contributed by atoms with Crippen LogP contribution < -0.4 is 25.0 Å². The average molecular weight is 575 g/mol. The largest absolute Gasteiger partial charge is 0.495 e. The van der Waals surface area contributed by atoms with Crippen molar-refractivity contribution in [2.45, 2.75) is 12.1 Å². The van der Waals surface area contributed by atoms with Crippen molar-refractivity contribution in [3.05, 3.63) is 41.0 Å². The van der Waals surface area contributed by atoms with Crippen LogP contribution in [0.5, 0.6) is 11.5 Å². The van der Waals surface area contributed by atoms with Gasteiger partial charge in [0.15, 0.2) is 5.82 Å². The Morgan fingerprint density at radius 3 is 2.44 bits per heavy atom. The van der Waals surface area contributed by atoms with Gasteiger partial charge in [0.1, 0.15) is 23.1 Å². The van der Waals surface area contributed by atoms with Gasteiger partial charge in [-0.05, 0) is 12.1 Å². The molecule has 206 valence electrons. The van der Waals surface area contributed by atoms with Crippen molar-refractivity contribution in [1.29, 1.82) is 0 Å². The zero-order valence-corrected chi connectivity index (χ0v) is 23.0. The molecule has 2 aliphatic heterocycles. The SMILES string of the molecule is C=CC(=O)N[C@H]1COC[C@H]1Nc1cc2c(N3CCOCC3)nc(-c3c(Cl)c(OC)cc(OC)c3Cl)nc2cn1. The maximum atomic E-state index is 11.8. The van der Waals surface area contributed by atoms with Crippen LogP contribution >= 0.6 is 23.2 Å². The van der Waals surface area contributed by atoms with Crippen molar-refractivity contribution in [1.82, 2.24) is 20.3 Å². The fourth-order valence-electron chi connectivity index (χ4n) is 4.58. The Kier molecular flexibility index (Phi) is 8.22. The number of halogens is 2.